The molecule has 1 saturated carbocycles. The van der Waals surface area contributed by atoms with Crippen LogP contribution >= 0.6 is 11.6 Å². The van der Waals surface area contributed by atoms with E-state index in [4.69, 9.17) is 26.2 Å². The SMILES string of the molecule is C[C@@H]1[C@H](C)N(C(=O)COc2ccc(Cl)cc2)CCN1C(=O)CC1CCCC1.O=CO. The molecular formula is C22H31ClN2O5. The summed E-state index contributed by atoms with van der Waals surface area (Å²) in [6, 6.07) is 6.98. The Bertz CT molecular complexity index is 706. The molecule has 1 N–H and O–H groups in total. The highest BCUT2D eigenvalue weighted by atomic mass is 35.5. The zero-order chi connectivity index (χ0) is 22.1. The topological polar surface area (TPSA) is 87.2 Å². The molecule has 8 heteroatoms. The summed E-state index contributed by atoms with van der Waals surface area (Å²) in [5, 5.41) is 7.52. The summed E-state index contributed by atoms with van der Waals surface area (Å²) in [5.74, 6) is 1.37. The summed E-state index contributed by atoms with van der Waals surface area (Å²) < 4.78 is 5.59. The van der Waals surface area contributed by atoms with Crippen molar-refractivity contribution >= 4 is 29.9 Å². The number of carbonyl (C=O) groups is 3. The lowest BCUT2D eigenvalue weighted by molar-refractivity contribution is -0.148. The molecule has 0 aromatic heterocycles. The zero-order valence-corrected chi connectivity index (χ0v) is 18.4. The molecule has 1 aliphatic heterocycles. The van der Waals surface area contributed by atoms with Crippen molar-refractivity contribution in [2.45, 2.75) is 58.0 Å². The highest BCUT2D eigenvalue weighted by Gasteiger charge is 2.36. The number of benzene rings is 1. The van der Waals surface area contributed by atoms with E-state index in [0.29, 0.717) is 36.2 Å². The quantitative estimate of drug-likeness (QED) is 0.711. The van der Waals surface area contributed by atoms with Crippen LogP contribution in [0.3, 0.4) is 0 Å². The number of nitrogens with zero attached hydrogens (tertiary/aromatic N) is 2. The standard InChI is InChI=1S/C21H29ClN2O3.CH2O2/c1-15-16(2)24(21(26)14-27-19-9-7-18(22)8-10-19)12-11-23(15)20(25)13-17-5-3-4-6-17;2-1-3/h7-10,15-17H,3-6,11-14H2,1-2H3;1H,(H,2,3)/t15-,16+;/m1./s1. The van der Waals surface area contributed by atoms with Crippen molar-refractivity contribution in [3.63, 3.8) is 0 Å². The molecule has 7 nitrogen and oxygen atoms in total. The first kappa shape index (κ1) is 24.0. The molecule has 0 radical (unpaired) electrons. The van der Waals surface area contributed by atoms with Gasteiger partial charge in [-0.1, -0.05) is 24.4 Å². The summed E-state index contributed by atoms with van der Waals surface area (Å²) in [4.78, 5) is 37.5. The van der Waals surface area contributed by atoms with Crippen molar-refractivity contribution in [3.8, 4) is 5.75 Å². The molecule has 1 aliphatic carbocycles. The highest BCUT2D eigenvalue weighted by Crippen LogP contribution is 2.29. The van der Waals surface area contributed by atoms with Crippen molar-refractivity contribution in [2.24, 2.45) is 5.92 Å². The minimum Gasteiger partial charge on any atom is -0.484 e. The second-order valence-corrected chi connectivity index (χ2v) is 8.29. The third-order valence-corrected chi connectivity index (χ3v) is 6.27. The molecule has 30 heavy (non-hydrogen) atoms. The summed E-state index contributed by atoms with van der Waals surface area (Å²) >= 11 is 5.86. The molecule has 0 bridgehead atoms. The molecule has 0 spiro atoms. The number of halogens is 1. The normalized spacial score (nSPS) is 21.6. The minimum atomic E-state index is -0.250. The zero-order valence-electron chi connectivity index (χ0n) is 17.6. The Balaban J connectivity index is 0.00000101. The number of carbonyl (C=O) groups excluding carboxylic acids is 2. The summed E-state index contributed by atoms with van der Waals surface area (Å²) in [7, 11) is 0. The summed E-state index contributed by atoms with van der Waals surface area (Å²) in [6.07, 6.45) is 5.51. The van der Waals surface area contributed by atoms with E-state index in [0.717, 1.165) is 0 Å². The minimum absolute atomic E-state index is 0.00525. The Labute approximate surface area is 182 Å². The van der Waals surface area contributed by atoms with Crippen LogP contribution in [-0.4, -0.2) is 65.0 Å². The predicted octanol–water partition coefficient (Wildman–Crippen LogP) is 3.45. The first-order chi connectivity index (χ1) is 14.4. The van der Waals surface area contributed by atoms with Crippen LogP contribution in [0.4, 0.5) is 0 Å². The predicted molar refractivity (Wildman–Crippen MR) is 115 cm³/mol. The molecule has 2 fully saturated rings. The van der Waals surface area contributed by atoms with E-state index in [1.54, 1.807) is 24.3 Å². The summed E-state index contributed by atoms with van der Waals surface area (Å²) in [6.45, 7) is 4.96. The van der Waals surface area contributed by atoms with E-state index in [-0.39, 0.29) is 37.0 Å². The largest absolute Gasteiger partial charge is 0.484 e. The van der Waals surface area contributed by atoms with E-state index in [9.17, 15) is 9.59 Å². The maximum absolute atomic E-state index is 12.7. The van der Waals surface area contributed by atoms with Crippen LogP contribution in [0.2, 0.25) is 5.02 Å². The van der Waals surface area contributed by atoms with Crippen LogP contribution in [0.15, 0.2) is 24.3 Å². The number of rotatable bonds is 5. The Morgan fingerprint density at radius 3 is 2.10 bits per heavy atom. The average molecular weight is 439 g/mol. The van der Waals surface area contributed by atoms with Gasteiger partial charge in [-0.3, -0.25) is 14.4 Å². The van der Waals surface area contributed by atoms with E-state index < -0.39 is 0 Å². The van der Waals surface area contributed by atoms with Gasteiger partial charge in [0.2, 0.25) is 5.91 Å². The lowest BCUT2D eigenvalue weighted by Crippen LogP contribution is -2.61. The Morgan fingerprint density at radius 1 is 1.07 bits per heavy atom. The Hall–Kier alpha value is -2.28. The molecule has 166 valence electrons. The van der Waals surface area contributed by atoms with Crippen LogP contribution in [0.1, 0.15) is 46.0 Å². The van der Waals surface area contributed by atoms with Gasteiger partial charge in [0, 0.05) is 36.6 Å². The average Bonchev–Trinajstić information content (AvgIpc) is 3.23. The first-order valence-corrected chi connectivity index (χ1v) is 10.8. The van der Waals surface area contributed by atoms with E-state index >= 15 is 0 Å². The van der Waals surface area contributed by atoms with Crippen LogP contribution in [0, 0.1) is 5.92 Å². The fourth-order valence-corrected chi connectivity index (χ4v) is 4.31. The van der Waals surface area contributed by atoms with Gasteiger partial charge in [-0.05, 0) is 56.9 Å². The highest BCUT2D eigenvalue weighted by molar-refractivity contribution is 6.30. The van der Waals surface area contributed by atoms with Crippen molar-refractivity contribution in [2.75, 3.05) is 19.7 Å². The van der Waals surface area contributed by atoms with Gasteiger partial charge in [-0.25, -0.2) is 0 Å². The van der Waals surface area contributed by atoms with E-state index in [1.807, 2.05) is 23.6 Å². The Morgan fingerprint density at radius 2 is 1.57 bits per heavy atom. The van der Waals surface area contributed by atoms with Gasteiger partial charge in [0.15, 0.2) is 6.61 Å². The molecule has 1 heterocycles. The lowest BCUT2D eigenvalue weighted by atomic mass is 9.99. The first-order valence-electron chi connectivity index (χ1n) is 10.4. The molecule has 2 atom stereocenters. The molecule has 1 saturated heterocycles. The van der Waals surface area contributed by atoms with Crippen LogP contribution in [0.25, 0.3) is 0 Å². The van der Waals surface area contributed by atoms with Crippen LogP contribution < -0.4 is 4.74 Å². The maximum Gasteiger partial charge on any atom is 0.290 e. The number of ether oxygens (including phenoxy) is 1. The number of amides is 2. The van der Waals surface area contributed by atoms with Gasteiger partial charge in [0.05, 0.1) is 0 Å². The second kappa shape index (κ2) is 11.8. The smallest absolute Gasteiger partial charge is 0.290 e. The van der Waals surface area contributed by atoms with Gasteiger partial charge in [-0.2, -0.15) is 0 Å². The van der Waals surface area contributed by atoms with Gasteiger partial charge < -0.3 is 19.6 Å². The van der Waals surface area contributed by atoms with Crippen molar-refractivity contribution in [1.82, 2.24) is 9.80 Å². The maximum atomic E-state index is 12.7. The van der Waals surface area contributed by atoms with Crippen molar-refractivity contribution in [3.05, 3.63) is 29.3 Å². The fraction of sp³-hybridized carbons (Fsp3) is 0.591. The van der Waals surface area contributed by atoms with Gasteiger partial charge >= 0.3 is 0 Å². The third kappa shape index (κ3) is 6.62. The van der Waals surface area contributed by atoms with Crippen LogP contribution in [0.5, 0.6) is 5.75 Å². The van der Waals surface area contributed by atoms with Crippen molar-refractivity contribution < 1.29 is 24.2 Å². The molecule has 3 rings (SSSR count). The van der Waals surface area contributed by atoms with Gasteiger partial charge in [0.25, 0.3) is 12.4 Å². The molecule has 0 unspecified atom stereocenters. The number of piperazine rings is 1. The van der Waals surface area contributed by atoms with Crippen molar-refractivity contribution in [1.29, 1.82) is 0 Å². The van der Waals surface area contributed by atoms with Gasteiger partial charge in [-0.15, -0.1) is 0 Å². The lowest BCUT2D eigenvalue weighted by Gasteiger charge is -2.45. The number of hydrogen-bond acceptors (Lipinski definition) is 4. The van der Waals surface area contributed by atoms with Crippen LogP contribution in [-0.2, 0) is 14.4 Å². The molecule has 2 amide bonds. The van der Waals surface area contributed by atoms with E-state index in [1.165, 1.54) is 25.7 Å². The Kier molecular flexibility index (Phi) is 9.43. The fourth-order valence-electron chi connectivity index (χ4n) is 4.18. The number of carboxylic acid groups (broad SMARTS) is 1. The summed E-state index contributed by atoms with van der Waals surface area (Å²) in [5.41, 5.74) is 0. The van der Waals surface area contributed by atoms with Gasteiger partial charge in [0.1, 0.15) is 5.75 Å². The second-order valence-electron chi connectivity index (χ2n) is 7.86. The third-order valence-electron chi connectivity index (χ3n) is 6.02. The molecular weight excluding hydrogens is 408 g/mol. The molecule has 2 aliphatic rings. The molecule has 1 aromatic carbocycles. The van der Waals surface area contributed by atoms with E-state index in [2.05, 4.69) is 0 Å². The monoisotopic (exact) mass is 438 g/mol. The molecule has 1 aromatic rings. The number of hydrogen-bond donors (Lipinski definition) is 1.